The van der Waals surface area contributed by atoms with E-state index >= 15 is 0 Å². The van der Waals surface area contributed by atoms with Crippen molar-refractivity contribution in [3.05, 3.63) is 72.3 Å². The predicted octanol–water partition coefficient (Wildman–Crippen LogP) is 4.07. The third-order valence-corrected chi connectivity index (χ3v) is 8.48. The van der Waals surface area contributed by atoms with Crippen LogP contribution in [0.2, 0.25) is 0 Å². The number of pyridine rings is 1. The van der Waals surface area contributed by atoms with Crippen LogP contribution in [0.5, 0.6) is 5.75 Å². The fraction of sp³-hybridized carbons (Fsp3) is 0.375. The molecule has 2 saturated heterocycles. The molecule has 45 heavy (non-hydrogen) atoms. The van der Waals surface area contributed by atoms with E-state index in [0.717, 1.165) is 29.5 Å². The molecule has 6 rings (SSSR count). The van der Waals surface area contributed by atoms with Crippen molar-refractivity contribution >= 4 is 17.6 Å². The van der Waals surface area contributed by atoms with E-state index < -0.39 is 12.1 Å². The molecule has 2 fully saturated rings. The van der Waals surface area contributed by atoms with Gasteiger partial charge in [-0.1, -0.05) is 30.3 Å². The highest BCUT2D eigenvalue weighted by Gasteiger charge is 2.36. The first-order valence-corrected chi connectivity index (χ1v) is 14.9. The van der Waals surface area contributed by atoms with E-state index in [2.05, 4.69) is 22.3 Å². The Labute approximate surface area is 260 Å². The minimum Gasteiger partial charge on any atom is -0.494 e. The van der Waals surface area contributed by atoms with Gasteiger partial charge in [0.05, 0.1) is 44.1 Å². The van der Waals surface area contributed by atoms with Crippen molar-refractivity contribution in [2.24, 2.45) is 0 Å². The van der Waals surface area contributed by atoms with Gasteiger partial charge in [0.2, 0.25) is 0 Å². The van der Waals surface area contributed by atoms with Gasteiger partial charge in [-0.3, -0.25) is 4.68 Å². The van der Waals surface area contributed by atoms with Gasteiger partial charge in [-0.05, 0) is 24.5 Å². The minimum atomic E-state index is -0.472. The third kappa shape index (κ3) is 6.10. The number of carbonyl (C=O) groups is 2. The van der Waals surface area contributed by atoms with Crippen LogP contribution in [0.15, 0.2) is 61.2 Å². The summed E-state index contributed by atoms with van der Waals surface area (Å²) in [6.45, 7) is 2.28. The largest absolute Gasteiger partial charge is 0.494 e. The van der Waals surface area contributed by atoms with Crippen LogP contribution in [0.25, 0.3) is 16.6 Å². The molecule has 0 spiro atoms. The smallest absolute Gasteiger partial charge is 0.410 e. The standard InChI is InChI=1S/C32H33N9O4/c1-44-29-15-24(19-41-30(29)25(16-34)17-36-41)26-18-35-40(20-26)27-8-11-37(12-9-27)31(42)38-13-14-39(28(21-38)7-10-33)32(43)45-22-23-5-3-2-4-6-23/h2-6,15,17-20,27-28H,7-9,11-14,21-22H2,1H3/t28-/m0/s1. The number of urea groups is 1. The number of nitrogens with zero attached hydrogens (tertiary/aromatic N) is 9. The van der Waals surface area contributed by atoms with Gasteiger partial charge in [0.1, 0.15) is 29.5 Å². The van der Waals surface area contributed by atoms with Crippen LogP contribution in [0.4, 0.5) is 9.59 Å². The summed E-state index contributed by atoms with van der Waals surface area (Å²) >= 11 is 0. The van der Waals surface area contributed by atoms with E-state index in [4.69, 9.17) is 9.47 Å². The monoisotopic (exact) mass is 607 g/mol. The fourth-order valence-corrected chi connectivity index (χ4v) is 6.04. The van der Waals surface area contributed by atoms with Gasteiger partial charge in [0.15, 0.2) is 0 Å². The molecule has 1 atom stereocenters. The molecule has 1 aromatic carbocycles. The molecule has 2 aliphatic heterocycles. The first-order chi connectivity index (χ1) is 22.0. The molecule has 0 saturated carbocycles. The SMILES string of the molecule is COc1cc(-c2cnn(C3CCN(C(=O)N4CCN(C(=O)OCc5ccccc5)[C@@H](CC#N)C4)CC3)c2)cn2ncc(C#N)c12. The normalized spacial score (nSPS) is 17.1. The number of amides is 3. The zero-order valence-electron chi connectivity index (χ0n) is 25.0. The molecule has 4 aromatic rings. The molecule has 0 radical (unpaired) electrons. The van der Waals surface area contributed by atoms with Crippen LogP contribution in [0, 0.1) is 22.7 Å². The lowest BCUT2D eigenvalue weighted by Crippen LogP contribution is -2.59. The van der Waals surface area contributed by atoms with E-state index in [0.29, 0.717) is 43.0 Å². The van der Waals surface area contributed by atoms with Crippen LogP contribution in [0.1, 0.15) is 36.4 Å². The Morgan fingerprint density at radius 1 is 0.978 bits per heavy atom. The second-order valence-electron chi connectivity index (χ2n) is 11.2. The molecule has 5 heterocycles. The number of likely N-dealkylation sites (tertiary alicyclic amines) is 1. The van der Waals surface area contributed by atoms with E-state index in [-0.39, 0.29) is 31.6 Å². The van der Waals surface area contributed by atoms with Gasteiger partial charge in [-0.2, -0.15) is 20.7 Å². The molecule has 3 amide bonds. The van der Waals surface area contributed by atoms with E-state index in [1.807, 2.05) is 58.4 Å². The lowest BCUT2D eigenvalue weighted by Gasteiger charge is -2.42. The molecular formula is C32H33N9O4. The molecule has 0 bridgehead atoms. The summed E-state index contributed by atoms with van der Waals surface area (Å²) < 4.78 is 14.6. The maximum absolute atomic E-state index is 13.5. The number of piperazine rings is 1. The number of carbonyl (C=O) groups excluding carboxylic acids is 2. The molecule has 0 N–H and O–H groups in total. The molecular weight excluding hydrogens is 574 g/mol. The maximum atomic E-state index is 13.5. The molecule has 3 aromatic heterocycles. The summed E-state index contributed by atoms with van der Waals surface area (Å²) in [7, 11) is 1.57. The lowest BCUT2D eigenvalue weighted by atomic mass is 10.0. The highest BCUT2D eigenvalue weighted by atomic mass is 16.6. The molecule has 0 aliphatic carbocycles. The quantitative estimate of drug-likeness (QED) is 0.319. The number of piperidine rings is 1. The Hall–Kier alpha value is -5.56. The number of rotatable bonds is 6. The van der Waals surface area contributed by atoms with Crippen molar-refractivity contribution in [3.63, 3.8) is 0 Å². The Kier molecular flexibility index (Phi) is 8.51. The van der Waals surface area contributed by atoms with E-state index in [1.165, 1.54) is 6.20 Å². The van der Waals surface area contributed by atoms with Gasteiger partial charge < -0.3 is 24.2 Å². The van der Waals surface area contributed by atoms with Crippen molar-refractivity contribution < 1.29 is 19.1 Å². The Morgan fingerprint density at radius 2 is 1.78 bits per heavy atom. The van der Waals surface area contributed by atoms with Gasteiger partial charge in [0, 0.05) is 56.2 Å². The summed E-state index contributed by atoms with van der Waals surface area (Å²) in [5.74, 6) is 0.558. The van der Waals surface area contributed by atoms with E-state index in [1.54, 1.807) is 27.6 Å². The molecule has 230 valence electrons. The first-order valence-electron chi connectivity index (χ1n) is 14.9. The summed E-state index contributed by atoms with van der Waals surface area (Å²) in [4.78, 5) is 31.5. The lowest BCUT2D eigenvalue weighted by molar-refractivity contribution is 0.0444. The van der Waals surface area contributed by atoms with Crippen LogP contribution in [-0.4, -0.2) is 92.1 Å². The number of nitriles is 2. The van der Waals surface area contributed by atoms with Crippen LogP contribution < -0.4 is 4.74 Å². The molecule has 2 aliphatic rings. The van der Waals surface area contributed by atoms with Gasteiger partial charge >= 0.3 is 12.1 Å². The highest BCUT2D eigenvalue weighted by molar-refractivity contribution is 5.76. The van der Waals surface area contributed by atoms with Crippen molar-refractivity contribution in [3.8, 4) is 29.0 Å². The number of ether oxygens (including phenoxy) is 2. The zero-order chi connectivity index (χ0) is 31.3. The second-order valence-corrected chi connectivity index (χ2v) is 11.2. The summed E-state index contributed by atoms with van der Waals surface area (Å²) in [6.07, 6.45) is 8.29. The van der Waals surface area contributed by atoms with Crippen LogP contribution >= 0.6 is 0 Å². The highest BCUT2D eigenvalue weighted by Crippen LogP contribution is 2.31. The Morgan fingerprint density at radius 3 is 2.51 bits per heavy atom. The fourth-order valence-electron chi connectivity index (χ4n) is 6.04. The zero-order valence-corrected chi connectivity index (χ0v) is 25.0. The van der Waals surface area contributed by atoms with Crippen molar-refractivity contribution in [2.45, 2.75) is 38.0 Å². The van der Waals surface area contributed by atoms with E-state index in [9.17, 15) is 20.1 Å². The topological polar surface area (TPSA) is 145 Å². The number of fused-ring (bicyclic) bond motifs is 1. The third-order valence-electron chi connectivity index (χ3n) is 8.48. The summed E-state index contributed by atoms with van der Waals surface area (Å²) in [5.41, 5.74) is 3.71. The predicted molar refractivity (Wildman–Crippen MR) is 162 cm³/mol. The number of hydrogen-bond donors (Lipinski definition) is 0. The average Bonchev–Trinajstić information content (AvgIpc) is 3.75. The van der Waals surface area contributed by atoms with Gasteiger partial charge in [-0.15, -0.1) is 0 Å². The number of benzene rings is 1. The summed E-state index contributed by atoms with van der Waals surface area (Å²) in [5, 5.41) is 27.7. The Bertz CT molecular complexity index is 1760. The van der Waals surface area contributed by atoms with Crippen molar-refractivity contribution in [1.29, 1.82) is 10.5 Å². The summed E-state index contributed by atoms with van der Waals surface area (Å²) in [6, 6.07) is 15.2. The minimum absolute atomic E-state index is 0.0776. The van der Waals surface area contributed by atoms with Gasteiger partial charge in [0.25, 0.3) is 0 Å². The second kappa shape index (κ2) is 13.0. The number of hydrogen-bond acceptors (Lipinski definition) is 8. The van der Waals surface area contributed by atoms with Crippen molar-refractivity contribution in [2.75, 3.05) is 39.8 Å². The average molecular weight is 608 g/mol. The van der Waals surface area contributed by atoms with Crippen LogP contribution in [-0.2, 0) is 11.3 Å². The number of aromatic nitrogens is 4. The molecule has 13 heteroatoms. The maximum Gasteiger partial charge on any atom is 0.410 e. The van der Waals surface area contributed by atoms with Gasteiger partial charge in [-0.25, -0.2) is 14.1 Å². The first kappa shape index (κ1) is 29.5. The number of methoxy groups -OCH3 is 1. The molecule has 0 unspecified atom stereocenters. The Balaban J connectivity index is 1.05. The van der Waals surface area contributed by atoms with Crippen molar-refractivity contribution in [1.82, 2.24) is 34.1 Å². The molecule has 13 nitrogen and oxygen atoms in total. The van der Waals surface area contributed by atoms with Crippen LogP contribution in [0.3, 0.4) is 0 Å².